The fraction of sp³-hybridized carbons (Fsp3) is 0.692. The molecule has 0 saturated carbocycles. The molecule has 0 amide bonds. The fourth-order valence-electron chi connectivity index (χ4n) is 1.46. The zero-order chi connectivity index (χ0) is 13.1. The molecule has 0 radical (unpaired) electrons. The first-order valence-corrected chi connectivity index (χ1v) is 6.15. The van der Waals surface area contributed by atoms with Crippen LogP contribution < -0.4 is 5.32 Å². The van der Waals surface area contributed by atoms with Gasteiger partial charge in [0.1, 0.15) is 11.6 Å². The summed E-state index contributed by atoms with van der Waals surface area (Å²) in [6, 6.07) is 1.91. The molecular weight excluding hydrogens is 214 g/mol. The van der Waals surface area contributed by atoms with Gasteiger partial charge >= 0.3 is 0 Å². The lowest BCUT2D eigenvalue weighted by Crippen LogP contribution is -2.38. The van der Waals surface area contributed by atoms with Crippen molar-refractivity contribution in [3.8, 4) is 0 Å². The Morgan fingerprint density at radius 3 is 2.53 bits per heavy atom. The number of aliphatic hydroxyl groups is 1. The lowest BCUT2D eigenvalue weighted by atomic mass is 10.0. The summed E-state index contributed by atoms with van der Waals surface area (Å²) in [5.74, 6) is 1.93. The van der Waals surface area contributed by atoms with Crippen LogP contribution in [0.4, 0.5) is 5.82 Å². The van der Waals surface area contributed by atoms with Gasteiger partial charge in [-0.15, -0.1) is 0 Å². The van der Waals surface area contributed by atoms with Crippen molar-refractivity contribution >= 4 is 5.82 Å². The van der Waals surface area contributed by atoms with E-state index in [-0.39, 0.29) is 12.1 Å². The molecule has 0 spiro atoms. The van der Waals surface area contributed by atoms with E-state index in [0.717, 1.165) is 23.8 Å². The second-order valence-electron chi connectivity index (χ2n) is 5.10. The highest BCUT2D eigenvalue weighted by Gasteiger charge is 2.21. The molecule has 1 rings (SSSR count). The van der Waals surface area contributed by atoms with Gasteiger partial charge in [0.25, 0.3) is 0 Å². The standard InChI is InChI=1S/C13H23N3O/c1-6-13(5,8-17)16-11-7-10(4)14-12(15-11)9(2)3/h7,9,17H,6,8H2,1-5H3,(H,14,15,16). The Labute approximate surface area is 103 Å². The predicted molar refractivity (Wildman–Crippen MR) is 70.3 cm³/mol. The van der Waals surface area contributed by atoms with Crippen molar-refractivity contribution in [3.05, 3.63) is 17.6 Å². The minimum absolute atomic E-state index is 0.0869. The number of rotatable bonds is 5. The first kappa shape index (κ1) is 13.9. The molecule has 4 heteroatoms. The van der Waals surface area contributed by atoms with E-state index in [2.05, 4.69) is 29.1 Å². The van der Waals surface area contributed by atoms with E-state index in [9.17, 15) is 5.11 Å². The average Bonchev–Trinajstić information content (AvgIpc) is 2.28. The summed E-state index contributed by atoms with van der Waals surface area (Å²) in [4.78, 5) is 8.88. The normalized spacial score (nSPS) is 14.8. The Morgan fingerprint density at radius 2 is 2.06 bits per heavy atom. The second kappa shape index (κ2) is 5.45. The van der Waals surface area contributed by atoms with E-state index < -0.39 is 0 Å². The third-order valence-corrected chi connectivity index (χ3v) is 2.95. The van der Waals surface area contributed by atoms with Crippen LogP contribution in [0.25, 0.3) is 0 Å². The zero-order valence-corrected chi connectivity index (χ0v) is 11.4. The minimum Gasteiger partial charge on any atom is -0.394 e. The van der Waals surface area contributed by atoms with Crippen LogP contribution >= 0.6 is 0 Å². The Kier molecular flexibility index (Phi) is 4.46. The van der Waals surface area contributed by atoms with Gasteiger partial charge in [-0.25, -0.2) is 9.97 Å². The molecule has 1 atom stereocenters. The van der Waals surface area contributed by atoms with E-state index in [1.54, 1.807) is 0 Å². The maximum atomic E-state index is 9.39. The number of hydrogen-bond acceptors (Lipinski definition) is 4. The van der Waals surface area contributed by atoms with Gasteiger partial charge < -0.3 is 10.4 Å². The van der Waals surface area contributed by atoms with E-state index in [0.29, 0.717) is 5.92 Å². The highest BCUT2D eigenvalue weighted by Crippen LogP contribution is 2.19. The summed E-state index contributed by atoms with van der Waals surface area (Å²) in [6.07, 6.45) is 0.837. The number of aromatic nitrogens is 2. The summed E-state index contributed by atoms with van der Waals surface area (Å²) in [7, 11) is 0. The van der Waals surface area contributed by atoms with Crippen LogP contribution in [0.5, 0.6) is 0 Å². The summed E-state index contributed by atoms with van der Waals surface area (Å²) in [5, 5.41) is 12.7. The van der Waals surface area contributed by atoms with Crippen LogP contribution in [0.15, 0.2) is 6.07 Å². The zero-order valence-electron chi connectivity index (χ0n) is 11.4. The average molecular weight is 237 g/mol. The van der Waals surface area contributed by atoms with Crippen molar-refractivity contribution in [2.75, 3.05) is 11.9 Å². The van der Waals surface area contributed by atoms with Crippen LogP contribution in [0.1, 0.15) is 51.6 Å². The SMILES string of the molecule is CCC(C)(CO)Nc1cc(C)nc(C(C)C)n1. The van der Waals surface area contributed by atoms with Crippen molar-refractivity contribution in [1.29, 1.82) is 0 Å². The summed E-state index contributed by atoms with van der Waals surface area (Å²) >= 11 is 0. The highest BCUT2D eigenvalue weighted by atomic mass is 16.3. The van der Waals surface area contributed by atoms with Crippen molar-refractivity contribution < 1.29 is 5.11 Å². The van der Waals surface area contributed by atoms with E-state index >= 15 is 0 Å². The topological polar surface area (TPSA) is 58.0 Å². The fourth-order valence-corrected chi connectivity index (χ4v) is 1.46. The molecule has 2 N–H and O–H groups in total. The van der Waals surface area contributed by atoms with Crippen molar-refractivity contribution in [2.45, 2.75) is 52.5 Å². The molecular formula is C13H23N3O. The lowest BCUT2D eigenvalue weighted by molar-refractivity contribution is 0.218. The molecule has 0 saturated heterocycles. The van der Waals surface area contributed by atoms with E-state index in [1.807, 2.05) is 26.8 Å². The molecule has 0 aliphatic rings. The molecule has 0 bridgehead atoms. The molecule has 0 aliphatic carbocycles. The quantitative estimate of drug-likeness (QED) is 0.826. The Bertz CT molecular complexity index is 373. The summed E-state index contributed by atoms with van der Waals surface area (Å²) < 4.78 is 0. The van der Waals surface area contributed by atoms with Gasteiger partial charge in [0.2, 0.25) is 0 Å². The molecule has 1 aromatic heterocycles. The van der Waals surface area contributed by atoms with Gasteiger partial charge in [-0.3, -0.25) is 0 Å². The number of aliphatic hydroxyl groups excluding tert-OH is 1. The third-order valence-electron chi connectivity index (χ3n) is 2.95. The van der Waals surface area contributed by atoms with Gasteiger partial charge in [0.15, 0.2) is 0 Å². The molecule has 0 fully saturated rings. The Balaban J connectivity index is 2.98. The predicted octanol–water partition coefficient (Wildman–Crippen LogP) is 2.48. The summed E-state index contributed by atoms with van der Waals surface area (Å²) in [5.41, 5.74) is 0.622. The second-order valence-corrected chi connectivity index (χ2v) is 5.10. The Morgan fingerprint density at radius 1 is 1.41 bits per heavy atom. The highest BCUT2D eigenvalue weighted by molar-refractivity contribution is 5.39. The van der Waals surface area contributed by atoms with Crippen molar-refractivity contribution in [3.63, 3.8) is 0 Å². The number of nitrogens with one attached hydrogen (secondary N) is 1. The van der Waals surface area contributed by atoms with Gasteiger partial charge in [-0.05, 0) is 20.3 Å². The molecule has 17 heavy (non-hydrogen) atoms. The number of hydrogen-bond donors (Lipinski definition) is 2. The number of aryl methyl sites for hydroxylation is 1. The maximum absolute atomic E-state index is 9.39. The lowest BCUT2D eigenvalue weighted by Gasteiger charge is -2.28. The van der Waals surface area contributed by atoms with Crippen LogP contribution in [-0.4, -0.2) is 27.2 Å². The van der Waals surface area contributed by atoms with Gasteiger partial charge in [0.05, 0.1) is 12.1 Å². The summed E-state index contributed by atoms with van der Waals surface area (Å²) in [6.45, 7) is 10.2. The Hall–Kier alpha value is -1.16. The largest absolute Gasteiger partial charge is 0.394 e. The molecule has 4 nitrogen and oxygen atoms in total. The number of anilines is 1. The van der Waals surface area contributed by atoms with E-state index in [4.69, 9.17) is 0 Å². The maximum Gasteiger partial charge on any atom is 0.133 e. The van der Waals surface area contributed by atoms with E-state index in [1.165, 1.54) is 0 Å². The molecule has 1 heterocycles. The van der Waals surface area contributed by atoms with Crippen LogP contribution in [0.3, 0.4) is 0 Å². The minimum atomic E-state index is -0.324. The molecule has 0 aliphatic heterocycles. The van der Waals surface area contributed by atoms with Gasteiger partial charge in [0, 0.05) is 17.7 Å². The van der Waals surface area contributed by atoms with Gasteiger partial charge in [-0.1, -0.05) is 20.8 Å². The van der Waals surface area contributed by atoms with Crippen molar-refractivity contribution in [2.24, 2.45) is 0 Å². The first-order chi connectivity index (χ1) is 7.90. The van der Waals surface area contributed by atoms with Crippen LogP contribution in [0.2, 0.25) is 0 Å². The molecule has 1 aromatic rings. The van der Waals surface area contributed by atoms with Crippen LogP contribution in [0, 0.1) is 6.92 Å². The smallest absolute Gasteiger partial charge is 0.133 e. The van der Waals surface area contributed by atoms with Gasteiger partial charge in [-0.2, -0.15) is 0 Å². The number of nitrogens with zero attached hydrogens (tertiary/aromatic N) is 2. The molecule has 96 valence electrons. The van der Waals surface area contributed by atoms with Crippen molar-refractivity contribution in [1.82, 2.24) is 9.97 Å². The third kappa shape index (κ3) is 3.66. The molecule has 1 unspecified atom stereocenters. The molecule has 0 aromatic carbocycles. The monoisotopic (exact) mass is 237 g/mol. The van der Waals surface area contributed by atoms with Crippen LogP contribution in [-0.2, 0) is 0 Å². The first-order valence-electron chi connectivity index (χ1n) is 6.15.